The first-order valence-corrected chi connectivity index (χ1v) is 6.99. The number of hydrogen-bond acceptors (Lipinski definition) is 2. The molecule has 0 aliphatic carbocycles. The molecule has 23 heavy (non-hydrogen) atoms. The maximum absolute atomic E-state index is 13.9. The predicted molar refractivity (Wildman–Crippen MR) is 84.3 cm³/mol. The highest BCUT2D eigenvalue weighted by Crippen LogP contribution is 2.15. The minimum atomic E-state index is -1.37. The standard InChI is InChI=1S/C18H16FNO3/c1-12(18(22)23)17(21)20-11-14-7-8-16(19)15(10-14)9-13-5-3-2-4-6-13/h2-8,10H,1,9,11H2,(H,20,21)(H,22,23). The van der Waals surface area contributed by atoms with Gasteiger partial charge in [-0.1, -0.05) is 49.0 Å². The van der Waals surface area contributed by atoms with Crippen molar-refractivity contribution in [1.29, 1.82) is 0 Å². The summed E-state index contributed by atoms with van der Waals surface area (Å²) in [5, 5.41) is 11.1. The van der Waals surface area contributed by atoms with Gasteiger partial charge in [0.2, 0.25) is 0 Å². The average Bonchev–Trinajstić information content (AvgIpc) is 2.55. The van der Waals surface area contributed by atoms with Gasteiger partial charge >= 0.3 is 5.97 Å². The molecule has 0 radical (unpaired) electrons. The number of nitrogens with one attached hydrogen (secondary N) is 1. The Bertz CT molecular complexity index is 741. The highest BCUT2D eigenvalue weighted by molar-refractivity contribution is 6.14. The van der Waals surface area contributed by atoms with E-state index in [0.717, 1.165) is 5.56 Å². The van der Waals surface area contributed by atoms with Crippen LogP contribution in [0.4, 0.5) is 4.39 Å². The second kappa shape index (κ2) is 7.35. The zero-order valence-corrected chi connectivity index (χ0v) is 12.4. The quantitative estimate of drug-likeness (QED) is 0.489. The molecule has 2 rings (SSSR count). The van der Waals surface area contributed by atoms with Crippen molar-refractivity contribution in [2.75, 3.05) is 0 Å². The van der Waals surface area contributed by atoms with E-state index in [0.29, 0.717) is 17.5 Å². The van der Waals surface area contributed by atoms with Gasteiger partial charge in [-0.15, -0.1) is 0 Å². The zero-order chi connectivity index (χ0) is 16.8. The molecule has 0 aliphatic rings. The van der Waals surface area contributed by atoms with Gasteiger partial charge in [0.05, 0.1) is 0 Å². The number of rotatable bonds is 6. The lowest BCUT2D eigenvalue weighted by Crippen LogP contribution is -2.27. The summed E-state index contributed by atoms with van der Waals surface area (Å²) in [5.74, 6) is -2.45. The second-order valence-electron chi connectivity index (χ2n) is 5.05. The number of carboxylic acids is 1. The fourth-order valence-corrected chi connectivity index (χ4v) is 2.08. The molecular formula is C18H16FNO3. The number of halogens is 1. The van der Waals surface area contributed by atoms with Crippen LogP contribution in [0.2, 0.25) is 0 Å². The van der Waals surface area contributed by atoms with Gasteiger partial charge in [-0.3, -0.25) is 4.79 Å². The molecule has 118 valence electrons. The van der Waals surface area contributed by atoms with Crippen LogP contribution in [0.15, 0.2) is 60.7 Å². The third kappa shape index (κ3) is 4.51. The Kier molecular flexibility index (Phi) is 5.25. The van der Waals surface area contributed by atoms with Crippen LogP contribution in [-0.2, 0) is 22.6 Å². The fourth-order valence-electron chi connectivity index (χ4n) is 2.08. The van der Waals surface area contributed by atoms with Crippen LogP contribution in [0.1, 0.15) is 16.7 Å². The lowest BCUT2D eigenvalue weighted by molar-refractivity contribution is -0.134. The van der Waals surface area contributed by atoms with Gasteiger partial charge in [0.1, 0.15) is 11.4 Å². The van der Waals surface area contributed by atoms with Gasteiger partial charge in [-0.2, -0.15) is 0 Å². The molecular weight excluding hydrogens is 297 g/mol. The van der Waals surface area contributed by atoms with Gasteiger partial charge in [0.15, 0.2) is 0 Å². The molecule has 0 aliphatic heterocycles. The molecule has 0 saturated heterocycles. The summed E-state index contributed by atoms with van der Waals surface area (Å²) < 4.78 is 13.9. The molecule has 0 saturated carbocycles. The van der Waals surface area contributed by atoms with E-state index in [1.54, 1.807) is 12.1 Å². The molecule has 2 aromatic carbocycles. The fraction of sp³-hybridized carbons (Fsp3) is 0.111. The summed E-state index contributed by atoms with van der Waals surface area (Å²) in [6.45, 7) is 3.29. The molecule has 0 heterocycles. The van der Waals surface area contributed by atoms with Gasteiger partial charge in [-0.25, -0.2) is 9.18 Å². The van der Waals surface area contributed by atoms with Crippen LogP contribution in [0, 0.1) is 5.82 Å². The summed E-state index contributed by atoms with van der Waals surface area (Å²) in [6.07, 6.45) is 0.441. The number of carbonyl (C=O) groups is 2. The molecule has 0 fully saturated rings. The van der Waals surface area contributed by atoms with Gasteiger partial charge in [0, 0.05) is 13.0 Å². The zero-order valence-electron chi connectivity index (χ0n) is 12.4. The topological polar surface area (TPSA) is 66.4 Å². The summed E-state index contributed by atoms with van der Waals surface area (Å²) in [4.78, 5) is 22.2. The summed E-state index contributed by atoms with van der Waals surface area (Å²) >= 11 is 0. The van der Waals surface area contributed by atoms with Crippen molar-refractivity contribution >= 4 is 11.9 Å². The Morgan fingerprint density at radius 2 is 1.78 bits per heavy atom. The van der Waals surface area contributed by atoms with Crippen molar-refractivity contribution in [1.82, 2.24) is 5.32 Å². The van der Waals surface area contributed by atoms with Gasteiger partial charge < -0.3 is 10.4 Å². The molecule has 0 bridgehead atoms. The van der Waals surface area contributed by atoms with E-state index < -0.39 is 17.4 Å². The number of carboxylic acid groups (broad SMARTS) is 1. The predicted octanol–water partition coefficient (Wildman–Crippen LogP) is 2.67. The van der Waals surface area contributed by atoms with Crippen molar-refractivity contribution in [3.05, 3.63) is 83.2 Å². The molecule has 4 nitrogen and oxygen atoms in total. The smallest absolute Gasteiger partial charge is 0.340 e. The van der Waals surface area contributed by atoms with Gasteiger partial charge in [0.25, 0.3) is 5.91 Å². The second-order valence-corrected chi connectivity index (χ2v) is 5.05. The van der Waals surface area contributed by atoms with Crippen molar-refractivity contribution < 1.29 is 19.1 Å². The lowest BCUT2D eigenvalue weighted by Gasteiger charge is -2.09. The van der Waals surface area contributed by atoms with Crippen LogP contribution >= 0.6 is 0 Å². The first-order chi connectivity index (χ1) is 11.0. The average molecular weight is 313 g/mol. The van der Waals surface area contributed by atoms with E-state index in [1.165, 1.54) is 6.07 Å². The molecule has 2 aromatic rings. The monoisotopic (exact) mass is 313 g/mol. The number of amides is 1. The molecule has 0 aromatic heterocycles. The highest BCUT2D eigenvalue weighted by atomic mass is 19.1. The molecule has 0 unspecified atom stereocenters. The van der Waals surface area contributed by atoms with Crippen LogP contribution < -0.4 is 5.32 Å². The summed E-state index contributed by atoms with van der Waals surface area (Å²) in [7, 11) is 0. The normalized spacial score (nSPS) is 10.1. The summed E-state index contributed by atoms with van der Waals surface area (Å²) in [5.41, 5.74) is 1.65. The third-order valence-electron chi connectivity index (χ3n) is 3.33. The number of benzene rings is 2. The van der Waals surface area contributed by atoms with Crippen LogP contribution in [0.3, 0.4) is 0 Å². The molecule has 2 N–H and O–H groups in total. The van der Waals surface area contributed by atoms with E-state index in [-0.39, 0.29) is 12.4 Å². The van der Waals surface area contributed by atoms with Crippen molar-refractivity contribution in [2.24, 2.45) is 0 Å². The van der Waals surface area contributed by atoms with Crippen LogP contribution in [0.25, 0.3) is 0 Å². The van der Waals surface area contributed by atoms with E-state index in [9.17, 15) is 14.0 Å². The minimum Gasteiger partial charge on any atom is -0.478 e. The number of carbonyl (C=O) groups excluding carboxylic acids is 1. The largest absolute Gasteiger partial charge is 0.478 e. The Balaban J connectivity index is 2.07. The first-order valence-electron chi connectivity index (χ1n) is 6.99. The number of hydrogen-bond donors (Lipinski definition) is 2. The lowest BCUT2D eigenvalue weighted by atomic mass is 10.0. The van der Waals surface area contributed by atoms with Gasteiger partial charge in [-0.05, 0) is 22.8 Å². The number of aliphatic carboxylic acids is 1. The van der Waals surface area contributed by atoms with Crippen molar-refractivity contribution in [3.8, 4) is 0 Å². The molecule has 5 heteroatoms. The Morgan fingerprint density at radius 1 is 1.09 bits per heavy atom. The molecule has 1 amide bonds. The van der Waals surface area contributed by atoms with Crippen molar-refractivity contribution in [2.45, 2.75) is 13.0 Å². The van der Waals surface area contributed by atoms with E-state index in [4.69, 9.17) is 5.11 Å². The Labute approximate surface area is 133 Å². The first kappa shape index (κ1) is 16.4. The molecule has 0 atom stereocenters. The SMILES string of the molecule is C=C(C(=O)O)C(=O)NCc1ccc(F)c(Cc2ccccc2)c1. The Morgan fingerprint density at radius 3 is 2.43 bits per heavy atom. The van der Waals surface area contributed by atoms with Crippen LogP contribution in [0.5, 0.6) is 0 Å². The Hall–Kier alpha value is -2.95. The van der Waals surface area contributed by atoms with E-state index in [1.807, 2.05) is 30.3 Å². The maximum atomic E-state index is 13.9. The van der Waals surface area contributed by atoms with E-state index >= 15 is 0 Å². The highest BCUT2D eigenvalue weighted by Gasteiger charge is 2.14. The van der Waals surface area contributed by atoms with Crippen molar-refractivity contribution in [3.63, 3.8) is 0 Å². The minimum absolute atomic E-state index is 0.104. The van der Waals surface area contributed by atoms with Crippen LogP contribution in [-0.4, -0.2) is 17.0 Å². The summed E-state index contributed by atoms with van der Waals surface area (Å²) in [6, 6.07) is 14.0. The third-order valence-corrected chi connectivity index (χ3v) is 3.33. The maximum Gasteiger partial charge on any atom is 0.340 e. The van der Waals surface area contributed by atoms with E-state index in [2.05, 4.69) is 11.9 Å². The molecule has 0 spiro atoms.